The van der Waals surface area contributed by atoms with Crippen LogP contribution in [0.5, 0.6) is 0 Å². The lowest BCUT2D eigenvalue weighted by atomic mass is 10.1. The molecule has 9 heteroatoms. The third-order valence-electron chi connectivity index (χ3n) is 4.06. The van der Waals surface area contributed by atoms with Crippen molar-refractivity contribution in [3.63, 3.8) is 0 Å². The molecule has 0 saturated carbocycles. The molecule has 4 rings (SSSR count). The van der Waals surface area contributed by atoms with Gasteiger partial charge in [-0.15, -0.1) is 10.2 Å². The van der Waals surface area contributed by atoms with Gasteiger partial charge in [-0.1, -0.05) is 23.9 Å². The number of benzene rings is 1. The van der Waals surface area contributed by atoms with Crippen molar-refractivity contribution in [2.45, 2.75) is 18.2 Å². The first-order valence-electron chi connectivity index (χ1n) is 7.77. The summed E-state index contributed by atoms with van der Waals surface area (Å²) in [5.41, 5.74) is 1.82. The summed E-state index contributed by atoms with van der Waals surface area (Å²) in [6, 6.07) is 6.90. The number of thioether (sulfide) groups is 1. The van der Waals surface area contributed by atoms with Crippen LogP contribution in [-0.4, -0.2) is 56.7 Å². The molecule has 1 aromatic heterocycles. The minimum atomic E-state index is -0.241. The molecule has 2 aliphatic heterocycles. The first-order valence-corrected chi connectivity index (χ1v) is 8.75. The van der Waals surface area contributed by atoms with Crippen molar-refractivity contribution in [2.24, 2.45) is 5.10 Å². The predicted molar refractivity (Wildman–Crippen MR) is 90.7 cm³/mol. The van der Waals surface area contributed by atoms with Gasteiger partial charge in [-0.25, -0.2) is 0 Å². The van der Waals surface area contributed by atoms with E-state index in [4.69, 9.17) is 4.74 Å². The topological polar surface area (TPSA) is 89.7 Å². The average Bonchev–Trinajstić information content (AvgIpc) is 3.14. The Bertz CT molecular complexity index is 857. The van der Waals surface area contributed by atoms with Crippen LogP contribution in [0.3, 0.4) is 0 Å². The molecule has 2 amide bonds. The number of hydrogen-bond donors (Lipinski definition) is 0. The third kappa shape index (κ3) is 2.75. The van der Waals surface area contributed by atoms with Gasteiger partial charge in [0.15, 0.2) is 5.82 Å². The zero-order valence-electron chi connectivity index (χ0n) is 13.5. The Morgan fingerprint density at radius 1 is 1.16 bits per heavy atom. The fraction of sp³-hybridized carbons (Fsp3) is 0.312. The number of hydrogen-bond acceptors (Lipinski definition) is 7. The third-order valence-corrected chi connectivity index (χ3v) is 5.05. The summed E-state index contributed by atoms with van der Waals surface area (Å²) < 4.78 is 6.76. The molecule has 0 radical (unpaired) electrons. The van der Waals surface area contributed by atoms with Crippen molar-refractivity contribution < 1.29 is 14.3 Å². The van der Waals surface area contributed by atoms with Crippen LogP contribution in [0.4, 0.5) is 0 Å². The van der Waals surface area contributed by atoms with E-state index in [0.29, 0.717) is 42.3 Å². The number of nitrogens with zero attached hydrogens (tertiary/aromatic N) is 5. The van der Waals surface area contributed by atoms with Gasteiger partial charge in [0, 0.05) is 25.8 Å². The molecule has 0 spiro atoms. The van der Waals surface area contributed by atoms with Crippen molar-refractivity contribution in [3.8, 4) is 0 Å². The Balaban J connectivity index is 1.49. The van der Waals surface area contributed by atoms with Crippen LogP contribution in [-0.2, 0) is 11.3 Å². The molecule has 0 atom stereocenters. The van der Waals surface area contributed by atoms with Crippen LogP contribution in [0.15, 0.2) is 34.5 Å². The van der Waals surface area contributed by atoms with Crippen molar-refractivity contribution >= 4 is 29.3 Å². The number of fused-ring (bicyclic) bond motifs is 2. The standard InChI is InChI=1S/C16H15N5O3S/c1-24-8-13-17-18-16-21(13)19-10(9-25-16)6-7-20-14(22)11-4-2-3-5-12(11)15(20)23/h2-5H,6-9H2,1H3. The highest BCUT2D eigenvalue weighted by Gasteiger charge is 2.35. The highest BCUT2D eigenvalue weighted by atomic mass is 32.2. The van der Waals surface area contributed by atoms with Gasteiger partial charge in [-0.05, 0) is 12.1 Å². The Morgan fingerprint density at radius 2 is 1.88 bits per heavy atom. The zero-order chi connectivity index (χ0) is 17.4. The summed E-state index contributed by atoms with van der Waals surface area (Å²) in [5, 5.41) is 13.4. The number of rotatable bonds is 5. The first kappa shape index (κ1) is 16.0. The highest BCUT2D eigenvalue weighted by Crippen LogP contribution is 2.25. The molecule has 25 heavy (non-hydrogen) atoms. The maximum atomic E-state index is 12.4. The Hall–Kier alpha value is -2.52. The number of methoxy groups -OCH3 is 1. The fourth-order valence-electron chi connectivity index (χ4n) is 2.83. The molecule has 2 aromatic rings. The lowest BCUT2D eigenvalue weighted by Gasteiger charge is -2.17. The molecule has 0 bridgehead atoms. The van der Waals surface area contributed by atoms with Crippen molar-refractivity contribution in [1.82, 2.24) is 19.8 Å². The first-order chi connectivity index (χ1) is 12.2. The van der Waals surface area contributed by atoms with Crippen molar-refractivity contribution in [1.29, 1.82) is 0 Å². The fourth-order valence-corrected chi connectivity index (χ4v) is 3.69. The van der Waals surface area contributed by atoms with Crippen LogP contribution in [0.2, 0.25) is 0 Å². The van der Waals surface area contributed by atoms with Gasteiger partial charge in [0.1, 0.15) is 6.61 Å². The van der Waals surface area contributed by atoms with E-state index in [1.165, 1.54) is 16.7 Å². The summed E-state index contributed by atoms with van der Waals surface area (Å²) >= 11 is 1.53. The molecule has 0 fully saturated rings. The van der Waals surface area contributed by atoms with Gasteiger partial charge in [-0.2, -0.15) is 9.78 Å². The van der Waals surface area contributed by atoms with Gasteiger partial charge in [0.25, 0.3) is 11.8 Å². The number of amides is 2. The maximum Gasteiger partial charge on any atom is 0.261 e. The number of aromatic nitrogens is 3. The van der Waals surface area contributed by atoms with Gasteiger partial charge >= 0.3 is 0 Å². The van der Waals surface area contributed by atoms with E-state index in [2.05, 4.69) is 15.3 Å². The van der Waals surface area contributed by atoms with E-state index in [9.17, 15) is 9.59 Å². The van der Waals surface area contributed by atoms with Crippen LogP contribution in [0.25, 0.3) is 0 Å². The van der Waals surface area contributed by atoms with Gasteiger partial charge < -0.3 is 4.74 Å². The van der Waals surface area contributed by atoms with Crippen LogP contribution in [0, 0.1) is 0 Å². The molecule has 0 unspecified atom stereocenters. The van der Waals surface area contributed by atoms with Crippen molar-refractivity contribution in [2.75, 3.05) is 19.4 Å². The van der Waals surface area contributed by atoms with E-state index in [1.54, 1.807) is 36.1 Å². The lowest BCUT2D eigenvalue weighted by Crippen LogP contribution is -2.32. The molecular formula is C16H15N5O3S. The van der Waals surface area contributed by atoms with Crippen LogP contribution >= 0.6 is 11.8 Å². The van der Waals surface area contributed by atoms with E-state index >= 15 is 0 Å². The van der Waals surface area contributed by atoms with Crippen LogP contribution < -0.4 is 0 Å². The molecule has 0 N–H and O–H groups in total. The zero-order valence-corrected chi connectivity index (χ0v) is 14.3. The normalized spacial score (nSPS) is 16.0. The van der Waals surface area contributed by atoms with E-state index < -0.39 is 0 Å². The predicted octanol–water partition coefficient (Wildman–Crippen LogP) is 1.42. The van der Waals surface area contributed by atoms with E-state index in [0.717, 1.165) is 10.9 Å². The summed E-state index contributed by atoms with van der Waals surface area (Å²) in [7, 11) is 1.59. The maximum absolute atomic E-state index is 12.4. The highest BCUT2D eigenvalue weighted by molar-refractivity contribution is 7.99. The Labute approximate surface area is 147 Å². The quantitative estimate of drug-likeness (QED) is 0.752. The molecule has 128 valence electrons. The molecule has 1 aromatic carbocycles. The molecule has 3 heterocycles. The summed E-state index contributed by atoms with van der Waals surface area (Å²) in [4.78, 5) is 26.1. The number of ether oxygens (including phenoxy) is 1. The largest absolute Gasteiger partial charge is 0.377 e. The second kappa shape index (κ2) is 6.41. The molecule has 8 nitrogen and oxygen atoms in total. The van der Waals surface area contributed by atoms with Crippen molar-refractivity contribution in [3.05, 3.63) is 41.2 Å². The molecule has 0 saturated heterocycles. The number of imide groups is 1. The molecular weight excluding hydrogens is 342 g/mol. The number of carbonyl (C=O) groups is 2. The van der Waals surface area contributed by atoms with Gasteiger partial charge in [-0.3, -0.25) is 14.5 Å². The second-order valence-electron chi connectivity index (χ2n) is 5.66. The van der Waals surface area contributed by atoms with E-state index in [1.807, 2.05) is 0 Å². The Kier molecular flexibility index (Phi) is 4.10. The van der Waals surface area contributed by atoms with Crippen LogP contribution in [0.1, 0.15) is 33.0 Å². The average molecular weight is 357 g/mol. The van der Waals surface area contributed by atoms with Gasteiger partial charge in [0.2, 0.25) is 5.16 Å². The minimum absolute atomic E-state index is 0.241. The molecule has 0 aliphatic carbocycles. The van der Waals surface area contributed by atoms with Gasteiger partial charge in [0.05, 0.1) is 16.8 Å². The summed E-state index contributed by atoms with van der Waals surface area (Å²) in [6.07, 6.45) is 0.516. The summed E-state index contributed by atoms with van der Waals surface area (Å²) in [6.45, 7) is 0.631. The SMILES string of the molecule is COCc1nnc2n1N=C(CCN1C(=O)c3ccccc3C1=O)CS2. The smallest absolute Gasteiger partial charge is 0.261 e. The second-order valence-corrected chi connectivity index (χ2v) is 6.60. The van der Waals surface area contributed by atoms with E-state index in [-0.39, 0.29) is 11.8 Å². The monoisotopic (exact) mass is 357 g/mol. The number of carbonyl (C=O) groups excluding carboxylic acids is 2. The minimum Gasteiger partial charge on any atom is -0.377 e. The lowest BCUT2D eigenvalue weighted by molar-refractivity contribution is 0.0658. The molecule has 2 aliphatic rings. The Morgan fingerprint density at radius 3 is 2.56 bits per heavy atom. The summed E-state index contributed by atoms with van der Waals surface area (Å²) in [5.74, 6) is 0.807.